The van der Waals surface area contributed by atoms with Gasteiger partial charge in [-0.25, -0.2) is 0 Å². The Morgan fingerprint density at radius 3 is 2.50 bits per heavy atom. The molecule has 0 unspecified atom stereocenters. The van der Waals surface area contributed by atoms with E-state index in [0.717, 1.165) is 17.3 Å². The average molecular weight is 263 g/mol. The van der Waals surface area contributed by atoms with Crippen molar-refractivity contribution in [2.75, 3.05) is 5.75 Å². The molecule has 18 heavy (non-hydrogen) atoms. The molecule has 1 N–H and O–H groups in total. The van der Waals surface area contributed by atoms with Gasteiger partial charge in [0.1, 0.15) is 0 Å². The molecule has 1 aromatic rings. The van der Waals surface area contributed by atoms with Gasteiger partial charge in [-0.2, -0.15) is 0 Å². The molecule has 1 aromatic carbocycles. The third-order valence-corrected chi connectivity index (χ3v) is 2.70. The topological polar surface area (TPSA) is 63.2 Å². The SMILES string of the molecule is CC(=O)NC(=O)CSC(=O)/C=C/c1ccccc1. The monoisotopic (exact) mass is 263 g/mol. The molecule has 4 nitrogen and oxygen atoms in total. The number of carbonyl (C=O) groups excluding carboxylic acids is 3. The maximum atomic E-state index is 11.4. The first-order valence-electron chi connectivity index (χ1n) is 5.28. The van der Waals surface area contributed by atoms with Crippen molar-refractivity contribution >= 4 is 34.8 Å². The van der Waals surface area contributed by atoms with E-state index in [1.807, 2.05) is 30.3 Å². The molecule has 0 radical (unpaired) electrons. The Labute approximate surface area is 109 Å². The summed E-state index contributed by atoms with van der Waals surface area (Å²) in [6.45, 7) is 1.25. The van der Waals surface area contributed by atoms with Crippen LogP contribution in [0.4, 0.5) is 0 Å². The molecular formula is C13H13NO3S. The molecule has 0 saturated heterocycles. The van der Waals surface area contributed by atoms with Gasteiger partial charge < -0.3 is 0 Å². The summed E-state index contributed by atoms with van der Waals surface area (Å²) in [4.78, 5) is 33.1. The molecule has 0 spiro atoms. The minimum absolute atomic E-state index is 0.0580. The summed E-state index contributed by atoms with van der Waals surface area (Å²) >= 11 is 0.856. The fourth-order valence-electron chi connectivity index (χ4n) is 1.15. The van der Waals surface area contributed by atoms with Gasteiger partial charge in [-0.05, 0) is 11.6 Å². The molecule has 0 aliphatic carbocycles. The van der Waals surface area contributed by atoms with Gasteiger partial charge in [0.2, 0.25) is 16.9 Å². The summed E-state index contributed by atoms with van der Waals surface area (Å²) in [7, 11) is 0. The Morgan fingerprint density at radius 1 is 1.22 bits per heavy atom. The van der Waals surface area contributed by atoms with Gasteiger partial charge in [0.25, 0.3) is 0 Å². The van der Waals surface area contributed by atoms with Crippen molar-refractivity contribution in [3.05, 3.63) is 42.0 Å². The maximum Gasteiger partial charge on any atom is 0.237 e. The zero-order valence-corrected chi connectivity index (χ0v) is 10.7. The van der Waals surface area contributed by atoms with Crippen LogP contribution in [0.2, 0.25) is 0 Å². The molecule has 0 atom stereocenters. The number of nitrogens with one attached hydrogen (secondary N) is 1. The van der Waals surface area contributed by atoms with Crippen molar-refractivity contribution in [3.63, 3.8) is 0 Å². The highest BCUT2D eigenvalue weighted by Gasteiger charge is 2.06. The molecule has 0 saturated carbocycles. The smallest absolute Gasteiger partial charge is 0.237 e. The standard InChI is InChI=1S/C13H13NO3S/c1-10(15)14-12(16)9-18-13(17)8-7-11-5-3-2-4-6-11/h2-8H,9H2,1H3,(H,14,15,16)/b8-7+. The molecule has 0 aliphatic rings. The van der Waals surface area contributed by atoms with Crippen LogP contribution >= 0.6 is 11.8 Å². The molecule has 0 aromatic heterocycles. The molecule has 0 aliphatic heterocycles. The second kappa shape index (κ2) is 7.45. The Kier molecular flexibility index (Phi) is 5.87. The van der Waals surface area contributed by atoms with E-state index in [1.54, 1.807) is 6.08 Å². The van der Waals surface area contributed by atoms with E-state index in [1.165, 1.54) is 13.0 Å². The van der Waals surface area contributed by atoms with Crippen LogP contribution in [0, 0.1) is 0 Å². The Morgan fingerprint density at radius 2 is 1.89 bits per heavy atom. The number of carbonyl (C=O) groups is 3. The normalized spacial score (nSPS) is 10.3. The predicted molar refractivity (Wildman–Crippen MR) is 71.8 cm³/mol. The molecule has 1 rings (SSSR count). The molecular weight excluding hydrogens is 250 g/mol. The number of imide groups is 1. The van der Waals surface area contributed by atoms with Crippen LogP contribution < -0.4 is 5.32 Å². The van der Waals surface area contributed by atoms with E-state index in [4.69, 9.17) is 0 Å². The van der Waals surface area contributed by atoms with Crippen molar-refractivity contribution in [1.82, 2.24) is 5.32 Å². The van der Waals surface area contributed by atoms with E-state index >= 15 is 0 Å². The van der Waals surface area contributed by atoms with Gasteiger partial charge in [-0.1, -0.05) is 48.2 Å². The highest BCUT2D eigenvalue weighted by atomic mass is 32.2. The van der Waals surface area contributed by atoms with Crippen molar-refractivity contribution < 1.29 is 14.4 Å². The lowest BCUT2D eigenvalue weighted by atomic mass is 10.2. The first kappa shape index (κ1) is 14.2. The molecule has 2 amide bonds. The van der Waals surface area contributed by atoms with Crippen LogP contribution in [0.15, 0.2) is 36.4 Å². The van der Waals surface area contributed by atoms with E-state index in [2.05, 4.69) is 5.32 Å². The van der Waals surface area contributed by atoms with Gasteiger partial charge in [-0.3, -0.25) is 19.7 Å². The fourth-order valence-corrected chi connectivity index (χ4v) is 1.66. The van der Waals surface area contributed by atoms with Crippen LogP contribution in [0.3, 0.4) is 0 Å². The quantitative estimate of drug-likeness (QED) is 0.838. The molecule has 0 heterocycles. The number of hydrogen-bond acceptors (Lipinski definition) is 4. The fraction of sp³-hybridized carbons (Fsp3) is 0.154. The lowest BCUT2D eigenvalue weighted by Crippen LogP contribution is -2.29. The minimum atomic E-state index is -0.464. The Balaban J connectivity index is 2.36. The van der Waals surface area contributed by atoms with Crippen molar-refractivity contribution in [1.29, 1.82) is 0 Å². The van der Waals surface area contributed by atoms with E-state index in [-0.39, 0.29) is 10.9 Å². The zero-order chi connectivity index (χ0) is 13.4. The third-order valence-electron chi connectivity index (χ3n) is 1.87. The lowest BCUT2D eigenvalue weighted by molar-refractivity contribution is -0.127. The van der Waals surface area contributed by atoms with E-state index in [0.29, 0.717) is 0 Å². The molecule has 0 bridgehead atoms. The Bertz CT molecular complexity index is 468. The number of thioether (sulfide) groups is 1. The predicted octanol–water partition coefficient (Wildman–Crippen LogP) is 1.62. The van der Waals surface area contributed by atoms with Crippen LogP contribution in [0.25, 0.3) is 6.08 Å². The largest absolute Gasteiger partial charge is 0.296 e. The molecule has 0 fully saturated rings. The van der Waals surface area contributed by atoms with Gasteiger partial charge >= 0.3 is 0 Å². The first-order valence-corrected chi connectivity index (χ1v) is 6.27. The number of hydrogen-bond donors (Lipinski definition) is 1. The van der Waals surface area contributed by atoms with Crippen molar-refractivity contribution in [2.24, 2.45) is 0 Å². The summed E-state index contributed by atoms with van der Waals surface area (Å²) in [5, 5.41) is 1.87. The van der Waals surface area contributed by atoms with E-state index in [9.17, 15) is 14.4 Å². The van der Waals surface area contributed by atoms with Crippen LogP contribution in [-0.4, -0.2) is 22.7 Å². The van der Waals surface area contributed by atoms with Crippen molar-refractivity contribution in [2.45, 2.75) is 6.92 Å². The van der Waals surface area contributed by atoms with Gasteiger partial charge in [0, 0.05) is 6.92 Å². The lowest BCUT2D eigenvalue weighted by Gasteiger charge is -1.98. The van der Waals surface area contributed by atoms with E-state index < -0.39 is 11.8 Å². The number of rotatable bonds is 4. The second-order valence-electron chi connectivity index (χ2n) is 3.46. The van der Waals surface area contributed by atoms with Gasteiger partial charge in [0.15, 0.2) is 0 Å². The summed E-state index contributed by atoms with van der Waals surface area (Å²) < 4.78 is 0. The maximum absolute atomic E-state index is 11.4. The second-order valence-corrected chi connectivity index (χ2v) is 4.44. The van der Waals surface area contributed by atoms with Gasteiger partial charge in [0.05, 0.1) is 5.75 Å². The van der Waals surface area contributed by atoms with Gasteiger partial charge in [-0.15, -0.1) is 0 Å². The summed E-state index contributed by atoms with van der Waals surface area (Å²) in [5.41, 5.74) is 0.916. The summed E-state index contributed by atoms with van der Waals surface area (Å²) in [5.74, 6) is -0.945. The first-order chi connectivity index (χ1) is 8.58. The highest BCUT2D eigenvalue weighted by Crippen LogP contribution is 2.06. The van der Waals surface area contributed by atoms with Crippen molar-refractivity contribution in [3.8, 4) is 0 Å². The highest BCUT2D eigenvalue weighted by molar-refractivity contribution is 8.14. The number of amides is 2. The molecule has 5 heteroatoms. The summed E-state index contributed by atoms with van der Waals surface area (Å²) in [6, 6.07) is 9.38. The minimum Gasteiger partial charge on any atom is -0.296 e. The van der Waals surface area contributed by atoms with Crippen LogP contribution in [0.5, 0.6) is 0 Å². The third kappa shape index (κ3) is 6.00. The molecule has 94 valence electrons. The zero-order valence-electron chi connectivity index (χ0n) is 9.88. The average Bonchev–Trinajstić information content (AvgIpc) is 2.34. The Hall–Kier alpha value is -1.88. The van der Waals surface area contributed by atoms with Crippen LogP contribution in [0.1, 0.15) is 12.5 Å². The number of benzene rings is 1. The summed E-state index contributed by atoms with van der Waals surface area (Å²) in [6.07, 6.45) is 3.08. The van der Waals surface area contributed by atoms with Crippen LogP contribution in [-0.2, 0) is 14.4 Å².